The minimum Gasteiger partial charge on any atom is -0.349 e. The lowest BCUT2D eigenvalue weighted by Gasteiger charge is -2.32. The summed E-state index contributed by atoms with van der Waals surface area (Å²) in [5.41, 5.74) is 1.42. The van der Waals surface area contributed by atoms with Crippen molar-refractivity contribution in [2.75, 3.05) is 13.1 Å². The van der Waals surface area contributed by atoms with Crippen LogP contribution in [0.2, 0.25) is 0 Å². The topological polar surface area (TPSA) is 79.6 Å². The van der Waals surface area contributed by atoms with Gasteiger partial charge in [-0.05, 0) is 44.0 Å². The van der Waals surface area contributed by atoms with Crippen LogP contribution < -0.4 is 5.32 Å². The molecule has 1 fully saturated rings. The molecule has 0 bridgehead atoms. The fourth-order valence-corrected chi connectivity index (χ4v) is 3.89. The molecular weight excluding hydrogens is 366 g/mol. The van der Waals surface area contributed by atoms with Gasteiger partial charge in [-0.2, -0.15) is 0 Å². The number of piperidine rings is 1. The van der Waals surface area contributed by atoms with Gasteiger partial charge in [-0.15, -0.1) is 10.2 Å². The summed E-state index contributed by atoms with van der Waals surface area (Å²) in [7, 11) is 0. The second-order valence-electron chi connectivity index (χ2n) is 7.61. The second-order valence-corrected chi connectivity index (χ2v) is 7.61. The Morgan fingerprint density at radius 3 is 2.76 bits per heavy atom. The van der Waals surface area contributed by atoms with Gasteiger partial charge in [-0.1, -0.05) is 24.3 Å². The van der Waals surface area contributed by atoms with Gasteiger partial charge in [-0.3, -0.25) is 14.0 Å². The first-order chi connectivity index (χ1) is 14.1. The number of nitrogens with one attached hydrogen (secondary N) is 1. The lowest BCUT2D eigenvalue weighted by Crippen LogP contribution is -2.43. The Balaban J connectivity index is 1.37. The number of amides is 2. The molecular formula is C22H25N5O2. The second kappa shape index (κ2) is 8.43. The van der Waals surface area contributed by atoms with Crippen molar-refractivity contribution in [2.24, 2.45) is 0 Å². The fraction of sp³-hybridized carbons (Fsp3) is 0.364. The van der Waals surface area contributed by atoms with E-state index in [-0.39, 0.29) is 30.2 Å². The molecule has 150 valence electrons. The summed E-state index contributed by atoms with van der Waals surface area (Å²) >= 11 is 0. The molecule has 1 aromatic carbocycles. The molecule has 2 unspecified atom stereocenters. The predicted octanol–water partition coefficient (Wildman–Crippen LogP) is 2.64. The highest BCUT2D eigenvalue weighted by Crippen LogP contribution is 2.26. The fourth-order valence-electron chi connectivity index (χ4n) is 3.89. The SMILES string of the molecule is CC(CC(=O)N1CCCC(c2nnc3ccccn23)C1)NC(=O)c1ccccc1. The quantitative estimate of drug-likeness (QED) is 0.725. The van der Waals surface area contributed by atoms with E-state index in [4.69, 9.17) is 0 Å². The number of carbonyl (C=O) groups excluding carboxylic acids is 2. The Bertz CT molecular complexity index is 1000. The number of pyridine rings is 1. The van der Waals surface area contributed by atoms with Crippen LogP contribution in [0, 0.1) is 0 Å². The number of nitrogens with zero attached hydrogens (tertiary/aromatic N) is 4. The summed E-state index contributed by atoms with van der Waals surface area (Å²) in [6.45, 7) is 3.24. The molecule has 1 N–H and O–H groups in total. The van der Waals surface area contributed by atoms with Crippen LogP contribution in [0.15, 0.2) is 54.7 Å². The van der Waals surface area contributed by atoms with Gasteiger partial charge < -0.3 is 10.2 Å². The maximum Gasteiger partial charge on any atom is 0.251 e. The van der Waals surface area contributed by atoms with Crippen molar-refractivity contribution in [2.45, 2.75) is 38.1 Å². The molecule has 0 saturated carbocycles. The first kappa shape index (κ1) is 19.1. The minimum atomic E-state index is -0.232. The zero-order valence-electron chi connectivity index (χ0n) is 16.5. The van der Waals surface area contributed by atoms with Crippen molar-refractivity contribution in [1.82, 2.24) is 24.8 Å². The van der Waals surface area contributed by atoms with Gasteiger partial charge in [0.2, 0.25) is 5.91 Å². The lowest BCUT2D eigenvalue weighted by molar-refractivity contribution is -0.132. The number of carbonyl (C=O) groups is 2. The van der Waals surface area contributed by atoms with Crippen LogP contribution in [0.3, 0.4) is 0 Å². The molecule has 0 radical (unpaired) electrons. The standard InChI is InChI=1S/C22H25N5O2/c1-16(23-22(29)17-8-3-2-4-9-17)14-20(28)26-12-7-10-18(15-26)21-25-24-19-11-5-6-13-27(19)21/h2-6,8-9,11,13,16,18H,7,10,12,14-15H2,1H3,(H,23,29). The number of rotatable bonds is 5. The van der Waals surface area contributed by atoms with E-state index in [1.807, 2.05) is 58.8 Å². The van der Waals surface area contributed by atoms with Crippen molar-refractivity contribution in [3.63, 3.8) is 0 Å². The van der Waals surface area contributed by atoms with Gasteiger partial charge >= 0.3 is 0 Å². The first-order valence-electron chi connectivity index (χ1n) is 10.0. The predicted molar refractivity (Wildman–Crippen MR) is 110 cm³/mol. The molecule has 1 aliphatic rings. The molecule has 2 aromatic heterocycles. The van der Waals surface area contributed by atoms with E-state index >= 15 is 0 Å². The summed E-state index contributed by atoms with van der Waals surface area (Å²) in [6.07, 6.45) is 4.17. The highest BCUT2D eigenvalue weighted by atomic mass is 16.2. The highest BCUT2D eigenvalue weighted by Gasteiger charge is 2.28. The molecule has 1 saturated heterocycles. The van der Waals surface area contributed by atoms with Crippen LogP contribution in [0.25, 0.3) is 5.65 Å². The monoisotopic (exact) mass is 391 g/mol. The third-order valence-corrected chi connectivity index (χ3v) is 5.37. The van der Waals surface area contributed by atoms with Gasteiger partial charge in [0.15, 0.2) is 5.65 Å². The maximum atomic E-state index is 12.8. The van der Waals surface area contributed by atoms with Gasteiger partial charge in [0.25, 0.3) is 5.91 Å². The number of hydrogen-bond donors (Lipinski definition) is 1. The molecule has 7 heteroatoms. The Morgan fingerprint density at radius 1 is 1.14 bits per heavy atom. The molecule has 0 aliphatic carbocycles. The Morgan fingerprint density at radius 2 is 1.93 bits per heavy atom. The highest BCUT2D eigenvalue weighted by molar-refractivity contribution is 5.94. The lowest BCUT2D eigenvalue weighted by atomic mass is 9.96. The zero-order chi connectivity index (χ0) is 20.2. The molecule has 2 amide bonds. The molecule has 7 nitrogen and oxygen atoms in total. The van der Waals surface area contributed by atoms with E-state index in [1.54, 1.807) is 12.1 Å². The molecule has 0 spiro atoms. The van der Waals surface area contributed by atoms with Crippen molar-refractivity contribution in [3.05, 3.63) is 66.1 Å². The van der Waals surface area contributed by atoms with E-state index in [9.17, 15) is 9.59 Å². The van der Waals surface area contributed by atoms with Crippen LogP contribution in [-0.4, -0.2) is 50.4 Å². The summed E-state index contributed by atoms with van der Waals surface area (Å²) in [5.74, 6) is 0.976. The van der Waals surface area contributed by atoms with Crippen LogP contribution in [0.4, 0.5) is 0 Å². The smallest absolute Gasteiger partial charge is 0.251 e. The van der Waals surface area contributed by atoms with Crippen molar-refractivity contribution < 1.29 is 9.59 Å². The average molecular weight is 391 g/mol. The van der Waals surface area contributed by atoms with Crippen molar-refractivity contribution >= 4 is 17.5 Å². The number of fused-ring (bicyclic) bond motifs is 1. The van der Waals surface area contributed by atoms with Crippen molar-refractivity contribution in [3.8, 4) is 0 Å². The third kappa shape index (κ3) is 4.29. The normalized spacial score (nSPS) is 17.8. The van der Waals surface area contributed by atoms with Crippen LogP contribution >= 0.6 is 0 Å². The molecule has 3 heterocycles. The van der Waals surface area contributed by atoms with Crippen LogP contribution in [0.1, 0.15) is 48.3 Å². The van der Waals surface area contributed by atoms with E-state index in [0.717, 1.165) is 30.9 Å². The number of benzene rings is 1. The summed E-state index contributed by atoms with van der Waals surface area (Å²) in [6, 6.07) is 14.7. The summed E-state index contributed by atoms with van der Waals surface area (Å²) in [5, 5.41) is 11.5. The van der Waals surface area contributed by atoms with Gasteiger partial charge in [0.1, 0.15) is 5.82 Å². The van der Waals surface area contributed by atoms with E-state index in [0.29, 0.717) is 12.1 Å². The van der Waals surface area contributed by atoms with E-state index in [2.05, 4.69) is 15.5 Å². The Hall–Kier alpha value is -3.22. The first-order valence-corrected chi connectivity index (χ1v) is 10.0. The minimum absolute atomic E-state index is 0.0596. The molecule has 2 atom stereocenters. The molecule has 1 aliphatic heterocycles. The van der Waals surface area contributed by atoms with Crippen LogP contribution in [0.5, 0.6) is 0 Å². The number of hydrogen-bond acceptors (Lipinski definition) is 4. The van der Waals surface area contributed by atoms with Crippen LogP contribution in [-0.2, 0) is 4.79 Å². The van der Waals surface area contributed by atoms with E-state index in [1.165, 1.54) is 0 Å². The Labute approximate surface area is 169 Å². The Kier molecular flexibility index (Phi) is 5.55. The third-order valence-electron chi connectivity index (χ3n) is 5.37. The van der Waals surface area contributed by atoms with Gasteiger partial charge in [0.05, 0.1) is 0 Å². The largest absolute Gasteiger partial charge is 0.349 e. The number of likely N-dealkylation sites (tertiary alicyclic amines) is 1. The summed E-state index contributed by atoms with van der Waals surface area (Å²) in [4.78, 5) is 27.0. The molecule has 29 heavy (non-hydrogen) atoms. The maximum absolute atomic E-state index is 12.8. The van der Waals surface area contributed by atoms with Gasteiger partial charge in [-0.25, -0.2) is 0 Å². The van der Waals surface area contributed by atoms with E-state index < -0.39 is 0 Å². The molecule has 3 aromatic rings. The summed E-state index contributed by atoms with van der Waals surface area (Å²) < 4.78 is 2.00. The zero-order valence-corrected chi connectivity index (χ0v) is 16.5. The van der Waals surface area contributed by atoms with Gasteiger partial charge in [0, 0.05) is 43.2 Å². The molecule has 4 rings (SSSR count). The van der Waals surface area contributed by atoms with Crippen molar-refractivity contribution in [1.29, 1.82) is 0 Å². The average Bonchev–Trinajstić information content (AvgIpc) is 3.18. The number of aromatic nitrogens is 3.